The highest BCUT2D eigenvalue weighted by Crippen LogP contribution is 2.41. The maximum absolute atomic E-state index is 14.3. The number of anilines is 1. The first-order valence-corrected chi connectivity index (χ1v) is 9.97. The molecule has 2 aliphatic rings. The third-order valence-electron chi connectivity index (χ3n) is 5.48. The molecule has 4 N–H and O–H groups in total. The summed E-state index contributed by atoms with van der Waals surface area (Å²) in [6, 6.07) is -0.840. The molecule has 1 heterocycles. The van der Waals surface area contributed by atoms with Crippen molar-refractivity contribution in [1.82, 2.24) is 15.2 Å². The largest absolute Gasteiger partial charge is 0.408 e. The summed E-state index contributed by atoms with van der Waals surface area (Å²) in [7, 11) is 0. The summed E-state index contributed by atoms with van der Waals surface area (Å²) >= 11 is 0. The molecule has 31 heavy (non-hydrogen) atoms. The first-order valence-electron chi connectivity index (χ1n) is 9.97. The molecule has 3 rings (SSSR count). The molecule has 174 valence electrons. The number of halogens is 6. The lowest BCUT2D eigenvalue weighted by molar-refractivity contribution is -0.119. The minimum absolute atomic E-state index is 0.0323. The monoisotopic (exact) mass is 454 g/mol. The molecule has 13 heteroatoms. The van der Waals surface area contributed by atoms with Crippen LogP contribution in [0.5, 0.6) is 0 Å². The third kappa shape index (κ3) is 6.58. The van der Waals surface area contributed by atoms with Crippen LogP contribution < -0.4 is 16.6 Å². The number of rotatable bonds is 7. The number of carbonyl (C=O) groups excluding carboxylic acids is 1. The number of nitrogens with one attached hydrogen (secondary N) is 2. The number of nitrogens with zero attached hydrogens (tertiary/aromatic N) is 3. The highest BCUT2D eigenvalue weighted by Gasteiger charge is 2.39. The molecule has 0 saturated heterocycles. The van der Waals surface area contributed by atoms with Gasteiger partial charge in [-0.15, -0.1) is 5.10 Å². The van der Waals surface area contributed by atoms with Gasteiger partial charge in [-0.05, 0) is 37.5 Å². The summed E-state index contributed by atoms with van der Waals surface area (Å²) in [4.78, 5) is 15.7. The van der Waals surface area contributed by atoms with Gasteiger partial charge in [0.1, 0.15) is 24.1 Å². The molecule has 0 aromatic carbocycles. The van der Waals surface area contributed by atoms with Gasteiger partial charge in [-0.25, -0.2) is 14.6 Å². The minimum Gasteiger partial charge on any atom is -0.321 e. The number of nitrogens with two attached hydrogens (primary N) is 1. The Morgan fingerprint density at radius 3 is 2.48 bits per heavy atom. The molecule has 1 atom stereocenters. The number of hydrazine groups is 1. The lowest BCUT2D eigenvalue weighted by Gasteiger charge is -2.27. The normalized spacial score (nSPS) is 21.1. The van der Waals surface area contributed by atoms with Crippen LogP contribution >= 0.6 is 0 Å². The Kier molecular flexibility index (Phi) is 6.82. The molecule has 1 aromatic heterocycles. The summed E-state index contributed by atoms with van der Waals surface area (Å²) in [5.74, 6) is 0.542. The smallest absolute Gasteiger partial charge is 0.321 e. The van der Waals surface area contributed by atoms with Crippen LogP contribution in [0.1, 0.15) is 51.0 Å². The highest BCUT2D eigenvalue weighted by atomic mass is 19.4. The molecule has 0 bridgehead atoms. The van der Waals surface area contributed by atoms with Crippen molar-refractivity contribution in [3.05, 3.63) is 12.1 Å². The molecule has 2 aliphatic carbocycles. The van der Waals surface area contributed by atoms with Gasteiger partial charge in [0.2, 0.25) is 11.8 Å². The number of aliphatic imine (C=N–C) groups is 1. The van der Waals surface area contributed by atoms with Crippen molar-refractivity contribution in [2.45, 2.75) is 63.1 Å². The quantitative estimate of drug-likeness (QED) is 0.193. The van der Waals surface area contributed by atoms with Crippen LogP contribution in [-0.4, -0.2) is 40.2 Å². The summed E-state index contributed by atoms with van der Waals surface area (Å²) in [6.45, 7) is -1.45. The zero-order chi connectivity index (χ0) is 22.8. The lowest BCUT2D eigenvalue weighted by atomic mass is 9.84. The first kappa shape index (κ1) is 23.4. The van der Waals surface area contributed by atoms with Crippen LogP contribution in [0.15, 0.2) is 11.2 Å². The summed E-state index contributed by atoms with van der Waals surface area (Å²) in [5, 5.41) is 6.05. The van der Waals surface area contributed by atoms with Gasteiger partial charge in [0.25, 0.3) is 5.95 Å². The van der Waals surface area contributed by atoms with E-state index in [4.69, 9.17) is 5.84 Å². The molecular formula is C18H24F6N6O. The van der Waals surface area contributed by atoms with E-state index in [9.17, 15) is 31.1 Å². The number of carbonyl (C=O) groups is 1. The van der Waals surface area contributed by atoms with Crippen LogP contribution in [0.3, 0.4) is 0 Å². The van der Waals surface area contributed by atoms with Gasteiger partial charge in [-0.3, -0.25) is 14.5 Å². The Balaban J connectivity index is 1.67. The molecule has 0 aliphatic heterocycles. The maximum atomic E-state index is 14.3. The fraction of sp³-hybridized carbons (Fsp3) is 0.722. The molecule has 2 fully saturated rings. The Hall–Kier alpha value is -2.31. The predicted molar refractivity (Wildman–Crippen MR) is 99.8 cm³/mol. The summed E-state index contributed by atoms with van der Waals surface area (Å²) < 4.78 is 79.5. The van der Waals surface area contributed by atoms with E-state index in [0.29, 0.717) is 12.8 Å². The molecule has 2 saturated carbocycles. The number of amidine groups is 1. The number of aromatic nitrogens is 2. The van der Waals surface area contributed by atoms with Crippen molar-refractivity contribution in [2.75, 3.05) is 11.9 Å². The topological polar surface area (TPSA) is 97.3 Å². The van der Waals surface area contributed by atoms with Gasteiger partial charge in [0.05, 0.1) is 6.20 Å². The van der Waals surface area contributed by atoms with Crippen molar-refractivity contribution in [3.63, 3.8) is 0 Å². The van der Waals surface area contributed by atoms with Crippen LogP contribution in [0.4, 0.5) is 32.0 Å². The molecule has 1 unspecified atom stereocenters. The van der Waals surface area contributed by atoms with Crippen molar-refractivity contribution in [2.24, 2.45) is 22.7 Å². The van der Waals surface area contributed by atoms with Crippen molar-refractivity contribution < 1.29 is 31.1 Å². The Bertz CT molecular complexity index is 809. The van der Waals surface area contributed by atoms with Gasteiger partial charge < -0.3 is 10.7 Å². The number of amides is 1. The van der Waals surface area contributed by atoms with Gasteiger partial charge in [-0.1, -0.05) is 0 Å². The fourth-order valence-electron chi connectivity index (χ4n) is 3.74. The second-order valence-corrected chi connectivity index (χ2v) is 8.11. The van der Waals surface area contributed by atoms with Crippen molar-refractivity contribution >= 4 is 17.4 Å². The van der Waals surface area contributed by atoms with Crippen LogP contribution in [0.25, 0.3) is 0 Å². The van der Waals surface area contributed by atoms with E-state index in [1.54, 1.807) is 0 Å². The van der Waals surface area contributed by atoms with Crippen molar-refractivity contribution in [1.29, 1.82) is 0 Å². The second-order valence-electron chi connectivity index (χ2n) is 8.11. The summed E-state index contributed by atoms with van der Waals surface area (Å²) in [6.07, 6.45) is -2.21. The van der Waals surface area contributed by atoms with Gasteiger partial charge in [0, 0.05) is 19.3 Å². The van der Waals surface area contributed by atoms with E-state index in [-0.39, 0.29) is 55.5 Å². The first-order chi connectivity index (χ1) is 14.5. The van der Waals surface area contributed by atoms with Gasteiger partial charge >= 0.3 is 6.18 Å². The van der Waals surface area contributed by atoms with Gasteiger partial charge in [-0.2, -0.15) is 17.6 Å². The van der Waals surface area contributed by atoms with Gasteiger partial charge in [0.15, 0.2) is 0 Å². The summed E-state index contributed by atoms with van der Waals surface area (Å²) in [5.41, 5.74) is 1.90. The highest BCUT2D eigenvalue weighted by molar-refractivity contribution is 5.91. The zero-order valence-corrected chi connectivity index (χ0v) is 16.6. The number of alkyl halides is 5. The zero-order valence-electron chi connectivity index (χ0n) is 16.6. The Labute approximate surface area is 174 Å². The fourth-order valence-corrected chi connectivity index (χ4v) is 3.74. The SMILES string of the molecule is NNC(=NCC(F)(F)F)C(C1CC1)n1cc(NC(=O)CC2CCC(F)(F)CC2)c(F)n1. The third-order valence-corrected chi connectivity index (χ3v) is 5.48. The number of hydrogen-bond donors (Lipinski definition) is 3. The molecule has 7 nitrogen and oxygen atoms in total. The van der Waals surface area contributed by atoms with E-state index in [0.717, 1.165) is 4.68 Å². The van der Waals surface area contributed by atoms with E-state index in [1.807, 2.05) is 0 Å². The molecular weight excluding hydrogens is 430 g/mol. The Morgan fingerprint density at radius 1 is 1.29 bits per heavy atom. The minimum atomic E-state index is -4.53. The lowest BCUT2D eigenvalue weighted by Crippen LogP contribution is -2.39. The predicted octanol–water partition coefficient (Wildman–Crippen LogP) is 3.55. The standard InChI is InChI=1S/C18H24F6N6O/c19-15-12(27-13(31)7-10-3-5-17(20,21)6-4-10)8-30(29-15)14(11-1-2-11)16(28-25)26-9-18(22,23)24/h8,10-11,14H,1-7,9,25H2,(H,26,28)(H,27,31). The maximum Gasteiger partial charge on any atom is 0.408 e. The average molecular weight is 454 g/mol. The van der Waals surface area contributed by atoms with E-state index in [2.05, 4.69) is 20.8 Å². The average Bonchev–Trinajstić information content (AvgIpc) is 3.43. The Morgan fingerprint density at radius 2 is 1.94 bits per heavy atom. The van der Waals surface area contributed by atoms with E-state index in [1.165, 1.54) is 6.20 Å². The van der Waals surface area contributed by atoms with Crippen LogP contribution in [-0.2, 0) is 4.79 Å². The van der Waals surface area contributed by atoms with E-state index < -0.39 is 36.5 Å². The van der Waals surface area contributed by atoms with Crippen molar-refractivity contribution in [3.8, 4) is 0 Å². The molecule has 0 radical (unpaired) electrons. The molecule has 1 amide bonds. The molecule has 1 aromatic rings. The van der Waals surface area contributed by atoms with Crippen LogP contribution in [0, 0.1) is 17.8 Å². The molecule has 0 spiro atoms. The number of hydrogen-bond acceptors (Lipinski definition) is 4. The van der Waals surface area contributed by atoms with E-state index >= 15 is 0 Å². The second kappa shape index (κ2) is 9.05. The van der Waals surface area contributed by atoms with Crippen LogP contribution in [0.2, 0.25) is 0 Å².